The number of nitrogens with one attached hydrogen (secondary N) is 2. The van der Waals surface area contributed by atoms with Crippen LogP contribution in [0.3, 0.4) is 0 Å². The average molecular weight is 409 g/mol. The summed E-state index contributed by atoms with van der Waals surface area (Å²) in [6, 6.07) is 16.8. The van der Waals surface area contributed by atoms with Gasteiger partial charge in [0.05, 0.1) is 11.6 Å². The number of rotatable bonds is 3. The molecule has 0 spiro atoms. The van der Waals surface area contributed by atoms with E-state index in [1.165, 1.54) is 16.0 Å². The number of pyridine rings is 1. The van der Waals surface area contributed by atoms with Gasteiger partial charge in [0.25, 0.3) is 0 Å². The van der Waals surface area contributed by atoms with Crippen molar-refractivity contribution >= 4 is 34.2 Å². The molecule has 4 nitrogen and oxygen atoms in total. The van der Waals surface area contributed by atoms with Gasteiger partial charge in [-0.2, -0.15) is 0 Å². The van der Waals surface area contributed by atoms with Crippen LogP contribution in [-0.4, -0.2) is 42.6 Å². The number of benzene rings is 2. The van der Waals surface area contributed by atoms with Crippen molar-refractivity contribution in [3.8, 4) is 0 Å². The zero-order valence-corrected chi connectivity index (χ0v) is 17.3. The Morgan fingerprint density at radius 2 is 2.07 bits per heavy atom. The Bertz CT molecular complexity index is 1040. The van der Waals surface area contributed by atoms with Crippen molar-refractivity contribution in [3.05, 3.63) is 59.7 Å². The van der Waals surface area contributed by atoms with Gasteiger partial charge in [0.1, 0.15) is 12.0 Å². The number of anilines is 2. The molecular weight excluding hydrogens is 383 g/mol. The third-order valence-electron chi connectivity index (χ3n) is 5.71. The molecule has 2 unspecified atom stereocenters. The smallest absolute Gasteiger partial charge is 0.134 e. The molecule has 150 valence electrons. The van der Waals surface area contributed by atoms with E-state index in [1.54, 1.807) is 0 Å². The van der Waals surface area contributed by atoms with Crippen LogP contribution in [0.5, 0.6) is 0 Å². The molecule has 2 atom stereocenters. The molecular formula is C23H25FN4S. The van der Waals surface area contributed by atoms with Crippen LogP contribution in [0.25, 0.3) is 10.9 Å². The zero-order valence-electron chi connectivity index (χ0n) is 16.5. The summed E-state index contributed by atoms with van der Waals surface area (Å²) in [5.41, 5.74) is 4.42. The number of aromatic nitrogens is 1. The predicted molar refractivity (Wildman–Crippen MR) is 120 cm³/mol. The summed E-state index contributed by atoms with van der Waals surface area (Å²) in [6.07, 6.45) is -0.882. The van der Waals surface area contributed by atoms with Gasteiger partial charge >= 0.3 is 0 Å². The van der Waals surface area contributed by atoms with Gasteiger partial charge in [-0.15, -0.1) is 11.8 Å². The topological polar surface area (TPSA) is 40.2 Å². The van der Waals surface area contributed by atoms with Crippen LogP contribution in [0.4, 0.5) is 15.9 Å². The molecule has 5 rings (SSSR count). The first-order valence-corrected chi connectivity index (χ1v) is 11.1. The Morgan fingerprint density at radius 1 is 1.17 bits per heavy atom. The van der Waals surface area contributed by atoms with Crippen molar-refractivity contribution in [3.63, 3.8) is 0 Å². The standard InChI is InChI=1S/C23H25FN4S/c1-15-6-7-19-17(10-15)20(26-21-13-25-12-18(21)24)11-23(27-19)28-8-9-29-22-5-3-2-4-16(22)14-28/h2-7,10-11,18,21,25H,8-9,12-14H2,1H3,(H,26,27). The van der Waals surface area contributed by atoms with Gasteiger partial charge in [0, 0.05) is 54.0 Å². The lowest BCUT2D eigenvalue weighted by molar-refractivity contribution is 0.343. The summed E-state index contributed by atoms with van der Waals surface area (Å²) in [5.74, 6) is 1.97. The minimum atomic E-state index is -0.882. The van der Waals surface area contributed by atoms with Crippen molar-refractivity contribution in [1.29, 1.82) is 0 Å². The van der Waals surface area contributed by atoms with Gasteiger partial charge in [-0.1, -0.05) is 29.8 Å². The highest BCUT2D eigenvalue weighted by Crippen LogP contribution is 2.33. The van der Waals surface area contributed by atoms with E-state index in [-0.39, 0.29) is 6.04 Å². The van der Waals surface area contributed by atoms with Crippen molar-refractivity contribution in [1.82, 2.24) is 10.3 Å². The number of fused-ring (bicyclic) bond motifs is 2. The molecule has 1 saturated heterocycles. The highest BCUT2D eigenvalue weighted by Gasteiger charge is 2.27. The second kappa shape index (κ2) is 7.84. The Balaban J connectivity index is 1.55. The molecule has 1 fully saturated rings. The van der Waals surface area contributed by atoms with Crippen LogP contribution in [-0.2, 0) is 6.54 Å². The van der Waals surface area contributed by atoms with E-state index in [1.807, 2.05) is 11.8 Å². The number of aryl methyl sites for hydroxylation is 1. The largest absolute Gasteiger partial charge is 0.377 e. The van der Waals surface area contributed by atoms with E-state index in [2.05, 4.69) is 71.0 Å². The quantitative estimate of drug-likeness (QED) is 0.673. The van der Waals surface area contributed by atoms with E-state index in [0.717, 1.165) is 41.3 Å². The Kier molecular flexibility index (Phi) is 5.06. The number of thioether (sulfide) groups is 1. The molecule has 6 heteroatoms. The number of halogens is 1. The number of nitrogens with zero attached hydrogens (tertiary/aromatic N) is 2. The summed E-state index contributed by atoms with van der Waals surface area (Å²) in [4.78, 5) is 8.66. The molecule has 0 radical (unpaired) electrons. The predicted octanol–water partition coefficient (Wildman–Crippen LogP) is 4.38. The number of hydrogen-bond acceptors (Lipinski definition) is 5. The molecule has 29 heavy (non-hydrogen) atoms. The van der Waals surface area contributed by atoms with E-state index in [4.69, 9.17) is 4.98 Å². The maximum Gasteiger partial charge on any atom is 0.134 e. The third-order valence-corrected chi connectivity index (χ3v) is 6.80. The van der Waals surface area contributed by atoms with Gasteiger partial charge in [-0.05, 0) is 30.7 Å². The van der Waals surface area contributed by atoms with Crippen molar-refractivity contribution in [2.24, 2.45) is 0 Å². The monoisotopic (exact) mass is 408 g/mol. The zero-order chi connectivity index (χ0) is 19.8. The Morgan fingerprint density at radius 3 is 2.93 bits per heavy atom. The molecule has 2 aromatic carbocycles. The van der Waals surface area contributed by atoms with Crippen LogP contribution in [0.2, 0.25) is 0 Å². The minimum absolute atomic E-state index is 0.214. The minimum Gasteiger partial charge on any atom is -0.377 e. The molecule has 0 aliphatic carbocycles. The highest BCUT2D eigenvalue weighted by molar-refractivity contribution is 7.99. The summed E-state index contributed by atoms with van der Waals surface area (Å²) >= 11 is 1.90. The molecule has 3 heterocycles. The molecule has 1 aromatic heterocycles. The Hall–Kier alpha value is -2.31. The van der Waals surface area contributed by atoms with E-state index in [9.17, 15) is 4.39 Å². The molecule has 0 amide bonds. The summed E-state index contributed by atoms with van der Waals surface area (Å²) < 4.78 is 14.3. The van der Waals surface area contributed by atoms with Crippen LogP contribution < -0.4 is 15.5 Å². The first-order valence-electron chi connectivity index (χ1n) is 10.2. The van der Waals surface area contributed by atoms with E-state index in [0.29, 0.717) is 13.1 Å². The van der Waals surface area contributed by atoms with Gasteiger partial charge in [0.2, 0.25) is 0 Å². The van der Waals surface area contributed by atoms with Gasteiger partial charge < -0.3 is 15.5 Å². The molecule has 2 aliphatic heterocycles. The number of alkyl halides is 1. The SMILES string of the molecule is Cc1ccc2nc(N3CCSc4ccccc4C3)cc(NC3CNCC3F)c2c1. The first kappa shape index (κ1) is 18.7. The first-order chi connectivity index (χ1) is 14.2. The molecule has 0 saturated carbocycles. The van der Waals surface area contributed by atoms with Gasteiger partial charge in [-0.3, -0.25) is 0 Å². The lowest BCUT2D eigenvalue weighted by Crippen LogP contribution is -2.30. The highest BCUT2D eigenvalue weighted by atomic mass is 32.2. The van der Waals surface area contributed by atoms with E-state index >= 15 is 0 Å². The fourth-order valence-electron chi connectivity index (χ4n) is 4.12. The van der Waals surface area contributed by atoms with E-state index < -0.39 is 6.17 Å². The van der Waals surface area contributed by atoms with Gasteiger partial charge in [0.15, 0.2) is 0 Å². The Labute approximate surface area is 174 Å². The lowest BCUT2D eigenvalue weighted by Gasteiger charge is -2.24. The third kappa shape index (κ3) is 3.79. The second-order valence-electron chi connectivity index (χ2n) is 7.85. The van der Waals surface area contributed by atoms with Crippen LogP contribution in [0, 0.1) is 6.92 Å². The number of hydrogen-bond donors (Lipinski definition) is 2. The van der Waals surface area contributed by atoms with Crippen LogP contribution in [0.15, 0.2) is 53.4 Å². The second-order valence-corrected chi connectivity index (χ2v) is 8.99. The fraction of sp³-hybridized carbons (Fsp3) is 0.348. The van der Waals surface area contributed by atoms with Crippen molar-refractivity contribution < 1.29 is 4.39 Å². The molecule has 2 aliphatic rings. The lowest BCUT2D eigenvalue weighted by atomic mass is 10.1. The van der Waals surface area contributed by atoms with Crippen LogP contribution >= 0.6 is 11.8 Å². The van der Waals surface area contributed by atoms with Crippen LogP contribution in [0.1, 0.15) is 11.1 Å². The summed E-state index contributed by atoms with van der Waals surface area (Å²) in [7, 11) is 0. The van der Waals surface area contributed by atoms with Crippen molar-refractivity contribution in [2.75, 3.05) is 35.6 Å². The fourth-order valence-corrected chi connectivity index (χ4v) is 5.14. The average Bonchev–Trinajstić information content (AvgIpc) is 3.00. The van der Waals surface area contributed by atoms with Crippen molar-refractivity contribution in [2.45, 2.75) is 30.6 Å². The molecule has 3 aromatic rings. The summed E-state index contributed by atoms with van der Waals surface area (Å²) in [6.45, 7) is 4.89. The normalized spacial score (nSPS) is 21.8. The molecule has 0 bridgehead atoms. The van der Waals surface area contributed by atoms with Gasteiger partial charge in [-0.25, -0.2) is 9.37 Å². The molecule has 2 N–H and O–H groups in total. The summed E-state index contributed by atoms with van der Waals surface area (Å²) in [5, 5.41) is 7.65. The maximum absolute atomic E-state index is 14.3. The maximum atomic E-state index is 14.3.